The molecule has 3 aromatic carbocycles. The van der Waals surface area contributed by atoms with Crippen molar-refractivity contribution in [2.24, 2.45) is 0 Å². The first-order valence-corrected chi connectivity index (χ1v) is 14.2. The van der Waals surface area contributed by atoms with Crippen LogP contribution in [0.2, 0.25) is 0 Å². The molecule has 3 aliphatic carbocycles. The fraction of sp³-hybridized carbons (Fsp3) is 0.250. The van der Waals surface area contributed by atoms with E-state index < -0.39 is 0 Å². The molecule has 1 N–H and O–H groups in total. The van der Waals surface area contributed by atoms with Gasteiger partial charge in [0.25, 0.3) is 0 Å². The zero-order valence-electron chi connectivity index (χ0n) is 22.1. The molecule has 4 aromatic rings. The van der Waals surface area contributed by atoms with E-state index in [9.17, 15) is 0 Å². The molecule has 186 valence electrons. The number of benzene rings is 3. The molecule has 0 spiro atoms. The number of fused-ring (bicyclic) bond motifs is 8. The lowest BCUT2D eigenvalue weighted by atomic mass is 9.69. The number of rotatable bonds is 1. The van der Waals surface area contributed by atoms with Crippen molar-refractivity contribution in [3.63, 3.8) is 0 Å². The van der Waals surface area contributed by atoms with Crippen LogP contribution in [0.5, 0.6) is 0 Å². The summed E-state index contributed by atoms with van der Waals surface area (Å²) in [4.78, 5) is 4.77. The van der Waals surface area contributed by atoms with E-state index in [0.717, 1.165) is 30.5 Å². The Morgan fingerprint density at radius 2 is 1.82 bits per heavy atom. The lowest BCUT2D eigenvalue weighted by Crippen LogP contribution is -2.22. The van der Waals surface area contributed by atoms with Crippen LogP contribution in [0, 0.1) is 6.92 Å². The maximum atomic E-state index is 4.77. The molecule has 2 heteroatoms. The van der Waals surface area contributed by atoms with Gasteiger partial charge in [-0.3, -0.25) is 4.98 Å². The highest BCUT2D eigenvalue weighted by molar-refractivity contribution is 5.96. The van der Waals surface area contributed by atoms with Crippen molar-refractivity contribution in [3.8, 4) is 11.1 Å². The highest BCUT2D eigenvalue weighted by Crippen LogP contribution is 2.52. The fourth-order valence-electron chi connectivity index (χ4n) is 7.77. The summed E-state index contributed by atoms with van der Waals surface area (Å²) in [6.07, 6.45) is 15.0. The summed E-state index contributed by atoms with van der Waals surface area (Å²) in [7, 11) is 0. The second kappa shape index (κ2) is 8.30. The van der Waals surface area contributed by atoms with Gasteiger partial charge in [-0.05, 0) is 108 Å². The van der Waals surface area contributed by atoms with Gasteiger partial charge in [0, 0.05) is 17.5 Å². The molecule has 0 fully saturated rings. The van der Waals surface area contributed by atoms with Crippen molar-refractivity contribution in [3.05, 3.63) is 117 Å². The maximum absolute atomic E-state index is 4.77. The molecule has 2 heterocycles. The predicted octanol–water partition coefficient (Wildman–Crippen LogP) is 9.32. The SMILES string of the molecule is CC1=CCCC2=C1[C@H]1CCCc3c(ccc(C4C=Cc5ccc6cccnc6c5N4)c31)-c1cccc2c1C. The molecule has 0 saturated carbocycles. The van der Waals surface area contributed by atoms with Crippen molar-refractivity contribution >= 4 is 28.2 Å². The minimum Gasteiger partial charge on any atom is -0.372 e. The van der Waals surface area contributed by atoms with Gasteiger partial charge in [-0.1, -0.05) is 72.3 Å². The first kappa shape index (κ1) is 22.1. The van der Waals surface area contributed by atoms with Crippen LogP contribution in [0.4, 0.5) is 5.69 Å². The van der Waals surface area contributed by atoms with Crippen molar-refractivity contribution in [2.45, 2.75) is 57.9 Å². The van der Waals surface area contributed by atoms with Crippen molar-refractivity contribution in [1.82, 2.24) is 4.98 Å². The van der Waals surface area contributed by atoms with Crippen LogP contribution in [-0.2, 0) is 6.42 Å². The lowest BCUT2D eigenvalue weighted by molar-refractivity contribution is 0.602. The molecule has 0 saturated heterocycles. The van der Waals surface area contributed by atoms with E-state index in [-0.39, 0.29) is 6.04 Å². The average Bonchev–Trinajstić information content (AvgIpc) is 2.96. The van der Waals surface area contributed by atoms with Crippen molar-refractivity contribution in [1.29, 1.82) is 0 Å². The van der Waals surface area contributed by atoms with Gasteiger partial charge in [0.2, 0.25) is 0 Å². The molecule has 2 nitrogen and oxygen atoms in total. The Labute approximate surface area is 224 Å². The van der Waals surface area contributed by atoms with E-state index in [1.807, 2.05) is 12.3 Å². The van der Waals surface area contributed by atoms with E-state index in [1.54, 1.807) is 22.3 Å². The van der Waals surface area contributed by atoms with Gasteiger partial charge >= 0.3 is 0 Å². The van der Waals surface area contributed by atoms with Crippen molar-refractivity contribution in [2.75, 3.05) is 5.32 Å². The minimum atomic E-state index is 0.125. The molecule has 1 aliphatic heterocycles. The highest BCUT2D eigenvalue weighted by atomic mass is 14.9. The normalized spacial score (nSPS) is 21.1. The number of nitrogens with zero attached hydrogens (tertiary/aromatic N) is 1. The molecule has 1 unspecified atom stereocenters. The maximum Gasteiger partial charge on any atom is 0.0939 e. The first-order chi connectivity index (χ1) is 18.7. The summed E-state index contributed by atoms with van der Waals surface area (Å²) >= 11 is 0. The Morgan fingerprint density at radius 3 is 2.76 bits per heavy atom. The third kappa shape index (κ3) is 3.10. The van der Waals surface area contributed by atoms with E-state index in [4.69, 9.17) is 4.98 Å². The summed E-state index contributed by atoms with van der Waals surface area (Å²) in [6, 6.07) is 20.5. The Bertz CT molecular complexity index is 1750. The molecular weight excluding hydrogens is 460 g/mol. The molecule has 6 bridgehead atoms. The quantitative estimate of drug-likeness (QED) is 0.286. The van der Waals surface area contributed by atoms with Crippen LogP contribution in [0.15, 0.2) is 84.1 Å². The van der Waals surface area contributed by atoms with Crippen LogP contribution < -0.4 is 5.32 Å². The molecule has 1 aromatic heterocycles. The second-order valence-electron chi connectivity index (χ2n) is 11.4. The fourth-order valence-corrected chi connectivity index (χ4v) is 7.77. The Morgan fingerprint density at radius 1 is 0.895 bits per heavy atom. The molecule has 0 amide bonds. The van der Waals surface area contributed by atoms with Gasteiger partial charge in [-0.15, -0.1) is 0 Å². The van der Waals surface area contributed by atoms with Gasteiger partial charge in [0.1, 0.15) is 0 Å². The summed E-state index contributed by atoms with van der Waals surface area (Å²) in [6.45, 7) is 4.70. The third-order valence-electron chi connectivity index (χ3n) is 9.46. The third-order valence-corrected chi connectivity index (χ3v) is 9.46. The van der Waals surface area contributed by atoms with Crippen LogP contribution in [0.25, 0.3) is 33.7 Å². The Hall–Kier alpha value is -3.91. The standard InChI is InChI=1S/C36H32N2/c1-21-7-3-11-28-26-10-4-9-25(22(26)2)27-17-18-30(34-29(27)12-5-13-31(34)33(21)28)32-19-16-24-15-14-23-8-6-20-37-35(23)36(24)38-32/h4,6-10,14-20,31-32,38H,3,5,11-13H2,1-2H3/t31-,32?/m1/s1. The van der Waals surface area contributed by atoms with E-state index >= 15 is 0 Å². The number of hydrogen-bond acceptors (Lipinski definition) is 2. The molecular formula is C36H32N2. The number of aromatic nitrogens is 1. The van der Waals surface area contributed by atoms with Gasteiger partial charge in [-0.25, -0.2) is 0 Å². The van der Waals surface area contributed by atoms with Crippen LogP contribution in [-0.4, -0.2) is 4.98 Å². The van der Waals surface area contributed by atoms with Crippen LogP contribution >= 0.6 is 0 Å². The zero-order valence-corrected chi connectivity index (χ0v) is 22.1. The molecule has 38 heavy (non-hydrogen) atoms. The lowest BCUT2D eigenvalue weighted by Gasteiger charge is -2.36. The predicted molar refractivity (Wildman–Crippen MR) is 159 cm³/mol. The topological polar surface area (TPSA) is 24.9 Å². The monoisotopic (exact) mass is 492 g/mol. The van der Waals surface area contributed by atoms with Gasteiger partial charge in [0.15, 0.2) is 0 Å². The molecule has 2 atom stereocenters. The van der Waals surface area contributed by atoms with Crippen LogP contribution in [0.1, 0.15) is 77.9 Å². The molecule has 0 radical (unpaired) electrons. The molecule has 8 rings (SSSR count). The van der Waals surface area contributed by atoms with Gasteiger partial charge in [-0.2, -0.15) is 0 Å². The smallest absolute Gasteiger partial charge is 0.0939 e. The average molecular weight is 493 g/mol. The summed E-state index contributed by atoms with van der Waals surface area (Å²) in [5.41, 5.74) is 18.5. The number of nitrogens with one attached hydrogen (secondary N) is 1. The summed E-state index contributed by atoms with van der Waals surface area (Å²) in [5.74, 6) is 0.441. The Balaban J connectivity index is 1.38. The minimum absolute atomic E-state index is 0.125. The van der Waals surface area contributed by atoms with Crippen molar-refractivity contribution < 1.29 is 0 Å². The highest BCUT2D eigenvalue weighted by Gasteiger charge is 2.35. The summed E-state index contributed by atoms with van der Waals surface area (Å²) in [5, 5.41) is 5.13. The zero-order chi connectivity index (χ0) is 25.4. The number of pyridine rings is 1. The number of anilines is 1. The van der Waals surface area contributed by atoms with Gasteiger partial charge in [0.05, 0.1) is 17.2 Å². The van der Waals surface area contributed by atoms with Gasteiger partial charge < -0.3 is 5.32 Å². The largest absolute Gasteiger partial charge is 0.372 e. The molecule has 4 aliphatic rings. The summed E-state index contributed by atoms with van der Waals surface area (Å²) < 4.78 is 0. The van der Waals surface area contributed by atoms with E-state index in [1.165, 1.54) is 57.2 Å². The van der Waals surface area contributed by atoms with E-state index in [2.05, 4.69) is 85.9 Å². The second-order valence-corrected chi connectivity index (χ2v) is 11.4. The number of hydrogen-bond donors (Lipinski definition) is 1. The van der Waals surface area contributed by atoms with Crippen LogP contribution in [0.3, 0.4) is 0 Å². The first-order valence-electron chi connectivity index (χ1n) is 14.2. The Kier molecular flexibility index (Phi) is 4.83. The van der Waals surface area contributed by atoms with E-state index in [0.29, 0.717) is 5.92 Å². The number of allylic oxidation sites excluding steroid dienone is 4.